The number of likely N-dealkylation sites (tertiary alicyclic amines) is 1. The number of Topliss-reactive ketones (excluding diaryl/α,β-unsaturated/α-hetero) is 1. The van der Waals surface area contributed by atoms with Crippen LogP contribution in [-0.2, 0) is 4.74 Å². The molecule has 27 heavy (non-hydrogen) atoms. The molecule has 0 radical (unpaired) electrons. The van der Waals surface area contributed by atoms with Crippen LogP contribution in [0.1, 0.15) is 62.2 Å². The van der Waals surface area contributed by atoms with E-state index in [0.717, 1.165) is 37.5 Å². The number of halogens is 1. The first-order valence-electron chi connectivity index (χ1n) is 10.4. The number of ketones is 1. The van der Waals surface area contributed by atoms with Gasteiger partial charge in [0.1, 0.15) is 0 Å². The summed E-state index contributed by atoms with van der Waals surface area (Å²) in [4.78, 5) is 16.5. The number of carbonyl (C=O) groups excluding carboxylic acids is 1. The topological polar surface area (TPSA) is 32.8 Å². The minimum absolute atomic E-state index is 0. The predicted molar refractivity (Wildman–Crippen MR) is 112 cm³/mol. The summed E-state index contributed by atoms with van der Waals surface area (Å²) in [7, 11) is 0. The molecule has 4 nitrogen and oxygen atoms in total. The molecule has 150 valence electrons. The average molecular weight is 393 g/mol. The van der Waals surface area contributed by atoms with Gasteiger partial charge in [0.15, 0.2) is 5.78 Å². The molecule has 1 saturated carbocycles. The summed E-state index contributed by atoms with van der Waals surface area (Å²) in [5.41, 5.74) is 2.02. The van der Waals surface area contributed by atoms with Crippen LogP contribution < -0.4 is 4.90 Å². The molecule has 0 unspecified atom stereocenters. The van der Waals surface area contributed by atoms with Gasteiger partial charge >= 0.3 is 0 Å². The van der Waals surface area contributed by atoms with Gasteiger partial charge in [0.05, 0.1) is 12.2 Å². The van der Waals surface area contributed by atoms with E-state index in [0.29, 0.717) is 12.2 Å². The van der Waals surface area contributed by atoms with Gasteiger partial charge in [-0.15, -0.1) is 12.4 Å². The molecule has 4 rings (SSSR count). The lowest BCUT2D eigenvalue weighted by atomic mass is 9.89. The van der Waals surface area contributed by atoms with Gasteiger partial charge in [-0.25, -0.2) is 0 Å². The maximum atomic E-state index is 11.4. The van der Waals surface area contributed by atoms with E-state index >= 15 is 0 Å². The quantitative estimate of drug-likeness (QED) is 0.699. The Hall–Kier alpha value is -1.10. The van der Waals surface area contributed by atoms with Crippen LogP contribution in [0.15, 0.2) is 24.3 Å². The zero-order chi connectivity index (χ0) is 17.9. The maximum absolute atomic E-state index is 11.4. The molecular weight excluding hydrogens is 360 g/mol. The third-order valence-electron chi connectivity index (χ3n) is 6.53. The first kappa shape index (κ1) is 20.6. The fraction of sp³-hybridized carbons (Fsp3) is 0.682. The van der Waals surface area contributed by atoms with Gasteiger partial charge in [0.2, 0.25) is 0 Å². The van der Waals surface area contributed by atoms with Crippen LogP contribution in [0.25, 0.3) is 0 Å². The van der Waals surface area contributed by atoms with E-state index in [2.05, 4.69) is 21.9 Å². The standard InChI is InChI=1S/C22H32N2O2.ClH/c1-17(25)18-5-7-20(8-6-18)24-15-11-22(12-16-24)26-21-9-13-23(14-10-21)19-3-2-4-19;/h5-8,19,21-22H,2-4,9-16H2,1H3;1H. The molecule has 1 aliphatic carbocycles. The van der Waals surface area contributed by atoms with Crippen molar-refractivity contribution in [2.24, 2.45) is 0 Å². The summed E-state index contributed by atoms with van der Waals surface area (Å²) in [5, 5.41) is 0. The SMILES string of the molecule is CC(=O)c1ccc(N2CCC(OC3CCN(C4CCC4)CC3)CC2)cc1.Cl. The van der Waals surface area contributed by atoms with Gasteiger partial charge in [0, 0.05) is 43.5 Å². The number of nitrogens with zero attached hydrogens (tertiary/aromatic N) is 2. The molecule has 1 aromatic rings. The van der Waals surface area contributed by atoms with Crippen LogP contribution in [-0.4, -0.2) is 55.1 Å². The van der Waals surface area contributed by atoms with Crippen molar-refractivity contribution in [3.8, 4) is 0 Å². The Morgan fingerprint density at radius 2 is 1.44 bits per heavy atom. The molecule has 3 fully saturated rings. The van der Waals surface area contributed by atoms with Crippen LogP contribution in [0.4, 0.5) is 5.69 Å². The second-order valence-corrected chi connectivity index (χ2v) is 8.25. The zero-order valence-electron chi connectivity index (χ0n) is 16.4. The van der Waals surface area contributed by atoms with Gasteiger partial charge in [0.25, 0.3) is 0 Å². The molecule has 0 atom stereocenters. The highest BCUT2D eigenvalue weighted by Gasteiger charge is 2.30. The molecule has 2 saturated heterocycles. The lowest BCUT2D eigenvalue weighted by Gasteiger charge is -2.43. The van der Waals surface area contributed by atoms with Crippen LogP contribution in [0.3, 0.4) is 0 Å². The highest BCUT2D eigenvalue weighted by atomic mass is 35.5. The summed E-state index contributed by atoms with van der Waals surface area (Å²) in [5.74, 6) is 0.131. The van der Waals surface area contributed by atoms with Crippen LogP contribution in [0.5, 0.6) is 0 Å². The number of ether oxygens (including phenoxy) is 1. The first-order valence-corrected chi connectivity index (χ1v) is 10.4. The monoisotopic (exact) mass is 392 g/mol. The van der Waals surface area contributed by atoms with E-state index in [-0.39, 0.29) is 18.2 Å². The molecule has 0 aromatic heterocycles. The van der Waals surface area contributed by atoms with Crippen molar-refractivity contribution in [1.82, 2.24) is 4.90 Å². The van der Waals surface area contributed by atoms with E-state index in [1.165, 1.54) is 50.9 Å². The van der Waals surface area contributed by atoms with Crippen LogP contribution >= 0.6 is 12.4 Å². The normalized spacial score (nSPS) is 22.9. The summed E-state index contributed by atoms with van der Waals surface area (Å²) >= 11 is 0. The van der Waals surface area contributed by atoms with E-state index in [1.54, 1.807) is 6.92 Å². The van der Waals surface area contributed by atoms with Crippen LogP contribution in [0, 0.1) is 0 Å². The summed E-state index contributed by atoms with van der Waals surface area (Å²) in [6, 6.07) is 8.92. The summed E-state index contributed by atoms with van der Waals surface area (Å²) in [6.45, 7) is 6.18. The lowest BCUT2D eigenvalue weighted by molar-refractivity contribution is -0.0598. The number of rotatable bonds is 5. The van der Waals surface area contributed by atoms with Gasteiger partial charge < -0.3 is 14.5 Å². The Bertz CT molecular complexity index is 601. The number of hydrogen-bond acceptors (Lipinski definition) is 4. The molecule has 5 heteroatoms. The second kappa shape index (κ2) is 9.40. The van der Waals surface area contributed by atoms with E-state index in [1.807, 2.05) is 12.1 Å². The molecule has 1 aromatic carbocycles. The number of anilines is 1. The molecule has 2 aliphatic heterocycles. The number of benzene rings is 1. The molecule has 0 spiro atoms. The molecular formula is C22H33ClN2O2. The lowest BCUT2D eigenvalue weighted by Crippen LogP contribution is -2.47. The Balaban J connectivity index is 0.00000210. The third-order valence-corrected chi connectivity index (χ3v) is 6.53. The minimum atomic E-state index is 0. The van der Waals surface area contributed by atoms with Crippen molar-refractivity contribution in [3.05, 3.63) is 29.8 Å². The van der Waals surface area contributed by atoms with Gasteiger partial charge in [-0.05, 0) is 69.7 Å². The second-order valence-electron chi connectivity index (χ2n) is 8.25. The fourth-order valence-corrected chi connectivity index (χ4v) is 4.56. The summed E-state index contributed by atoms with van der Waals surface area (Å²) in [6.07, 6.45) is 9.79. The smallest absolute Gasteiger partial charge is 0.159 e. The Morgan fingerprint density at radius 3 is 1.93 bits per heavy atom. The van der Waals surface area contributed by atoms with Crippen molar-refractivity contribution in [2.75, 3.05) is 31.1 Å². The van der Waals surface area contributed by atoms with Crippen molar-refractivity contribution in [3.63, 3.8) is 0 Å². The van der Waals surface area contributed by atoms with E-state index in [9.17, 15) is 4.79 Å². The van der Waals surface area contributed by atoms with Crippen molar-refractivity contribution in [2.45, 2.75) is 70.1 Å². The highest BCUT2D eigenvalue weighted by Crippen LogP contribution is 2.29. The third kappa shape index (κ3) is 5.04. The van der Waals surface area contributed by atoms with Crippen molar-refractivity contribution >= 4 is 23.9 Å². The fourth-order valence-electron chi connectivity index (χ4n) is 4.56. The number of carbonyl (C=O) groups is 1. The van der Waals surface area contributed by atoms with Gasteiger partial charge in [-0.2, -0.15) is 0 Å². The number of hydrogen-bond donors (Lipinski definition) is 0. The first-order chi connectivity index (χ1) is 12.7. The molecule has 0 amide bonds. The highest BCUT2D eigenvalue weighted by molar-refractivity contribution is 5.94. The molecule has 2 heterocycles. The van der Waals surface area contributed by atoms with Crippen molar-refractivity contribution in [1.29, 1.82) is 0 Å². The Labute approximate surface area is 169 Å². The average Bonchev–Trinajstić information content (AvgIpc) is 2.63. The minimum Gasteiger partial charge on any atom is -0.375 e. The van der Waals surface area contributed by atoms with Gasteiger partial charge in [-0.1, -0.05) is 6.42 Å². The zero-order valence-corrected chi connectivity index (χ0v) is 17.3. The maximum Gasteiger partial charge on any atom is 0.159 e. The summed E-state index contributed by atoms with van der Waals surface area (Å²) < 4.78 is 6.45. The molecule has 3 aliphatic rings. The van der Waals surface area contributed by atoms with Gasteiger partial charge in [-0.3, -0.25) is 4.79 Å². The predicted octanol–water partition coefficient (Wildman–Crippen LogP) is 4.31. The van der Waals surface area contributed by atoms with Crippen LogP contribution in [0.2, 0.25) is 0 Å². The van der Waals surface area contributed by atoms with Crippen molar-refractivity contribution < 1.29 is 9.53 Å². The molecule has 0 N–H and O–H groups in total. The van der Waals surface area contributed by atoms with E-state index in [4.69, 9.17) is 4.74 Å². The number of piperidine rings is 2. The Morgan fingerprint density at radius 1 is 0.889 bits per heavy atom. The Kier molecular flexibility index (Phi) is 7.18. The largest absolute Gasteiger partial charge is 0.375 e. The molecule has 0 bridgehead atoms. The van der Waals surface area contributed by atoms with E-state index < -0.39 is 0 Å².